The van der Waals surface area contributed by atoms with Gasteiger partial charge in [0.15, 0.2) is 5.78 Å². The molecule has 5 fully saturated rings. The minimum atomic E-state index is -0.923. The van der Waals surface area contributed by atoms with Crippen LogP contribution < -0.4 is 10.2 Å². The number of amides is 1. The van der Waals surface area contributed by atoms with Crippen LogP contribution in [0.15, 0.2) is 109 Å². The summed E-state index contributed by atoms with van der Waals surface area (Å²) in [4.78, 5) is 33.2. The maximum absolute atomic E-state index is 15.1. The maximum atomic E-state index is 15.1. The van der Waals surface area contributed by atoms with Gasteiger partial charge in [0.1, 0.15) is 5.54 Å². The number of nitrogens with one attached hydrogen (secondary N) is 1. The number of hydrogen-bond acceptors (Lipinski definition) is 6. The highest BCUT2D eigenvalue weighted by Gasteiger charge is 2.74. The second kappa shape index (κ2) is 12.2. The molecule has 11 rings (SSSR count). The first-order valence-electron chi connectivity index (χ1n) is 20.8. The van der Waals surface area contributed by atoms with Crippen molar-refractivity contribution in [2.24, 2.45) is 33.5 Å². The van der Waals surface area contributed by atoms with Gasteiger partial charge in [0.05, 0.1) is 18.4 Å². The molecule has 8 aliphatic rings. The third-order valence-corrected chi connectivity index (χ3v) is 16.8. The Morgan fingerprint density at radius 3 is 2.15 bits per heavy atom. The van der Waals surface area contributed by atoms with E-state index in [1.165, 1.54) is 0 Å². The molecule has 2 heterocycles. The molecule has 3 N–H and O–H groups in total. The zero-order valence-corrected chi connectivity index (χ0v) is 32.3. The molecule has 3 aromatic carbocycles. The summed E-state index contributed by atoms with van der Waals surface area (Å²) in [5.41, 5.74) is 2.07. The van der Waals surface area contributed by atoms with Crippen LogP contribution in [0.4, 0.5) is 5.69 Å². The van der Waals surface area contributed by atoms with E-state index in [0.717, 1.165) is 80.4 Å². The van der Waals surface area contributed by atoms with Crippen LogP contribution in [0.1, 0.15) is 82.0 Å². The Morgan fingerprint density at radius 2 is 1.42 bits per heavy atom. The molecule has 3 saturated carbocycles. The number of fused-ring (bicyclic) bond motifs is 1. The minimum Gasteiger partial charge on any atom is -0.393 e. The van der Waals surface area contributed by atoms with Crippen molar-refractivity contribution in [1.82, 2.24) is 10.2 Å². The average molecular weight is 738 g/mol. The lowest BCUT2D eigenvalue weighted by molar-refractivity contribution is -0.177. The van der Waals surface area contributed by atoms with Gasteiger partial charge in [0.2, 0.25) is 5.91 Å². The van der Waals surface area contributed by atoms with E-state index in [-0.39, 0.29) is 40.5 Å². The fraction of sp³-hybridized carbons (Fsp3) is 0.500. The van der Waals surface area contributed by atoms with Crippen molar-refractivity contribution in [2.75, 3.05) is 31.2 Å². The van der Waals surface area contributed by atoms with Gasteiger partial charge >= 0.3 is 0 Å². The number of rotatable bonds is 6. The average Bonchev–Trinajstić information content (AvgIpc) is 3.67. The van der Waals surface area contributed by atoms with Gasteiger partial charge in [0.25, 0.3) is 0 Å². The van der Waals surface area contributed by atoms with E-state index in [2.05, 4.69) is 83.6 Å². The van der Waals surface area contributed by atoms with E-state index in [4.69, 9.17) is 0 Å². The molecular formula is C48H55N3O4. The molecule has 2 saturated heterocycles. The number of β-amino-alcohol motifs (C(OH)–C–C–N with tert-alkyl or cyclic N) is 1. The van der Waals surface area contributed by atoms with Crippen molar-refractivity contribution in [3.63, 3.8) is 0 Å². The summed E-state index contributed by atoms with van der Waals surface area (Å²) in [6.07, 6.45) is 14.0. The van der Waals surface area contributed by atoms with Gasteiger partial charge in [-0.1, -0.05) is 105 Å². The Hall–Kier alpha value is -4.04. The van der Waals surface area contributed by atoms with E-state index in [1.54, 1.807) is 0 Å². The van der Waals surface area contributed by atoms with Crippen LogP contribution >= 0.6 is 0 Å². The molecule has 0 aromatic heterocycles. The summed E-state index contributed by atoms with van der Waals surface area (Å²) in [6, 6.07) is 28.7. The van der Waals surface area contributed by atoms with Crippen molar-refractivity contribution in [3.8, 4) is 11.1 Å². The third kappa shape index (κ3) is 4.79. The molecule has 8 atom stereocenters. The predicted octanol–water partition coefficient (Wildman–Crippen LogP) is 7.56. The molecule has 7 nitrogen and oxygen atoms in total. The Labute approximate surface area is 325 Å². The molecule has 286 valence electrons. The van der Waals surface area contributed by atoms with Crippen LogP contribution in [0.5, 0.6) is 0 Å². The van der Waals surface area contributed by atoms with Crippen molar-refractivity contribution in [2.45, 2.75) is 88.9 Å². The smallest absolute Gasteiger partial charge is 0.247 e. The number of carbonyl (C=O) groups is 2. The minimum absolute atomic E-state index is 0.0718. The highest BCUT2D eigenvalue weighted by Crippen LogP contribution is 2.78. The normalized spacial score (nSPS) is 38.6. The summed E-state index contributed by atoms with van der Waals surface area (Å²) in [6.45, 7) is 7.37. The number of Topliss-reactive ketones (excluding diaryl/α,β-unsaturated/α-hetero) is 1. The Bertz CT molecular complexity index is 2070. The number of para-hydroxylation sites is 1. The largest absolute Gasteiger partial charge is 0.393 e. The first kappa shape index (κ1) is 35.4. The number of benzene rings is 3. The number of carbonyl (C=O) groups excluding carboxylic acids is 2. The van der Waals surface area contributed by atoms with Gasteiger partial charge in [-0.15, -0.1) is 0 Å². The molecule has 1 unspecified atom stereocenters. The lowest BCUT2D eigenvalue weighted by Gasteiger charge is -2.71. The van der Waals surface area contributed by atoms with Crippen LogP contribution in [0, 0.1) is 33.5 Å². The van der Waals surface area contributed by atoms with Crippen LogP contribution in [-0.4, -0.2) is 70.4 Å². The first-order valence-corrected chi connectivity index (χ1v) is 20.8. The van der Waals surface area contributed by atoms with Crippen LogP contribution in [0.2, 0.25) is 0 Å². The van der Waals surface area contributed by atoms with Gasteiger partial charge in [0, 0.05) is 52.7 Å². The molecule has 6 aliphatic carbocycles. The number of ketones is 1. The number of nitrogens with zero attached hydrogens (tertiary/aromatic N) is 2. The van der Waals surface area contributed by atoms with Crippen molar-refractivity contribution in [3.05, 3.63) is 114 Å². The van der Waals surface area contributed by atoms with E-state index in [1.807, 2.05) is 48.5 Å². The van der Waals surface area contributed by atoms with Crippen molar-refractivity contribution >= 4 is 17.4 Å². The SMILES string of the molecule is C[C@]12CC[C@H]3[C@]4(C=C[C@@]5(C=C4C(=O)c4ccc(-c6ccccc6)cc4)CC(O)CC[C@]35C)[C@@H]1CC[C@@]2(O)CN1CCC2(CC1)C(=O)NCN2c1ccccc1. The monoisotopic (exact) mass is 737 g/mol. The van der Waals surface area contributed by atoms with Crippen LogP contribution in [0.25, 0.3) is 11.1 Å². The summed E-state index contributed by atoms with van der Waals surface area (Å²) in [5.74, 6) is 0.561. The number of likely N-dealkylation sites (tertiary alicyclic amines) is 1. The zero-order valence-electron chi connectivity index (χ0n) is 32.3. The molecule has 3 spiro atoms. The second-order valence-corrected chi connectivity index (χ2v) is 18.8. The molecule has 2 bridgehead atoms. The third-order valence-electron chi connectivity index (χ3n) is 16.8. The first-order chi connectivity index (χ1) is 26.5. The molecule has 55 heavy (non-hydrogen) atoms. The molecular weight excluding hydrogens is 683 g/mol. The number of aliphatic hydroxyl groups is 2. The number of piperidine rings is 1. The highest BCUT2D eigenvalue weighted by molar-refractivity contribution is 6.10. The summed E-state index contributed by atoms with van der Waals surface area (Å²) in [5, 5.41) is 27.3. The predicted molar refractivity (Wildman–Crippen MR) is 215 cm³/mol. The fourth-order valence-electron chi connectivity index (χ4n) is 13.7. The molecule has 3 aromatic rings. The second-order valence-electron chi connectivity index (χ2n) is 18.8. The maximum Gasteiger partial charge on any atom is 0.247 e. The topological polar surface area (TPSA) is 93.1 Å². The molecule has 1 amide bonds. The van der Waals surface area contributed by atoms with Crippen molar-refractivity contribution in [1.29, 1.82) is 0 Å². The molecule has 7 heteroatoms. The number of allylic oxidation sites excluding steroid dienone is 4. The number of aliphatic hydroxyl groups excluding tert-OH is 1. The molecule has 0 radical (unpaired) electrons. The lowest BCUT2D eigenvalue weighted by atomic mass is 9.32. The Morgan fingerprint density at radius 1 is 0.782 bits per heavy atom. The van der Waals surface area contributed by atoms with Gasteiger partial charge in [-0.05, 0) is 98.3 Å². The summed E-state index contributed by atoms with van der Waals surface area (Å²) >= 11 is 0. The fourth-order valence-corrected chi connectivity index (χ4v) is 13.7. The highest BCUT2D eigenvalue weighted by atomic mass is 16.3. The van der Waals surface area contributed by atoms with Gasteiger partial charge < -0.3 is 25.3 Å². The van der Waals surface area contributed by atoms with Gasteiger partial charge in [-0.3, -0.25) is 9.59 Å². The van der Waals surface area contributed by atoms with Gasteiger partial charge in [-0.25, -0.2) is 0 Å². The number of anilines is 1. The number of hydrogen-bond donors (Lipinski definition) is 3. The van der Waals surface area contributed by atoms with Crippen LogP contribution in [0.3, 0.4) is 0 Å². The molecule has 2 aliphatic heterocycles. The summed E-state index contributed by atoms with van der Waals surface area (Å²) in [7, 11) is 0. The van der Waals surface area contributed by atoms with Crippen molar-refractivity contribution < 1.29 is 19.8 Å². The quantitative estimate of drug-likeness (QED) is 0.179. The van der Waals surface area contributed by atoms with E-state index >= 15 is 4.79 Å². The Kier molecular flexibility index (Phi) is 7.87. The standard InChI is InChI=1S/C48H55N3O4/c1-43-20-17-37(52)29-45(43)23-24-48(38(30-45)41(53)35-15-13-34(14-16-35)33-9-5-3-6-10-33)39(43)18-21-44(2)40(48)19-22-47(44,55)31-50-27-25-46(26-28-50)42(54)49-32-51(46)36-11-7-4-8-12-36/h3-16,23-24,30,37,39-40,52,55H,17-22,25-29,31-32H2,1-2H3,(H,49,54)/t37?,39-,40-,43-,44+,45+,47-,48-/m1/s1. The van der Waals surface area contributed by atoms with E-state index in [9.17, 15) is 15.0 Å². The van der Waals surface area contributed by atoms with Gasteiger partial charge in [-0.2, -0.15) is 0 Å². The lowest BCUT2D eigenvalue weighted by Crippen LogP contribution is -2.67. The Balaban J connectivity index is 0.968. The summed E-state index contributed by atoms with van der Waals surface area (Å²) < 4.78 is 0. The van der Waals surface area contributed by atoms with E-state index < -0.39 is 22.0 Å². The van der Waals surface area contributed by atoms with E-state index in [0.29, 0.717) is 31.6 Å². The zero-order chi connectivity index (χ0) is 37.8. The van der Waals surface area contributed by atoms with Crippen LogP contribution in [-0.2, 0) is 4.79 Å².